The smallest absolute Gasteiger partial charge is 0.180 e. The average molecular weight is 673 g/mol. The van der Waals surface area contributed by atoms with E-state index >= 15 is 0 Å². The molecule has 0 unspecified atom stereocenters. The molecular formula is C46H28N2OS. The van der Waals surface area contributed by atoms with Gasteiger partial charge in [-0.15, -0.1) is 11.3 Å². The number of hydrogen-bond donors (Lipinski definition) is 0. The molecule has 0 fully saturated rings. The van der Waals surface area contributed by atoms with Crippen molar-refractivity contribution in [1.82, 2.24) is 9.97 Å². The molecule has 0 atom stereocenters. The second-order valence-electron chi connectivity index (χ2n) is 11.4. The first-order valence-corrected chi connectivity index (χ1v) is 16.2. The fourth-order valence-electron chi connectivity index (χ4n) is 6.13. The van der Waals surface area contributed by atoms with E-state index in [1.807, 2.05) is 36.4 Å². The summed E-state index contributed by atoms with van der Waals surface area (Å²) in [5.41, 5.74) is 3.93. The van der Waals surface area contributed by atoms with Crippen LogP contribution in [0.15, 0.2) is 174 Å². The number of fused-ring (bicyclic) bond motifs is 6. The zero-order valence-electron chi connectivity index (χ0n) is 41.6. The first-order valence-electron chi connectivity index (χ1n) is 23.4. The summed E-state index contributed by atoms with van der Waals surface area (Å²) in [6.45, 7) is 0. The monoisotopic (exact) mass is 672 g/mol. The van der Waals surface area contributed by atoms with Crippen molar-refractivity contribution in [2.24, 2.45) is 0 Å². The summed E-state index contributed by atoms with van der Waals surface area (Å²) in [6.07, 6.45) is 1.37. The maximum atomic E-state index is 8.98. The second kappa shape index (κ2) is 11.7. The lowest BCUT2D eigenvalue weighted by Crippen LogP contribution is -1.88. The van der Waals surface area contributed by atoms with Crippen molar-refractivity contribution < 1.29 is 26.3 Å². The number of rotatable bonds is 5. The first-order chi connectivity index (χ1) is 31.4. The molecule has 10 aromatic rings. The average Bonchev–Trinajstić information content (AvgIpc) is 3.91. The van der Waals surface area contributed by atoms with Gasteiger partial charge in [0.1, 0.15) is 23.1 Å². The largest absolute Gasteiger partial charge is 0.452 e. The van der Waals surface area contributed by atoms with Gasteiger partial charge in [-0.2, -0.15) is 0 Å². The summed E-state index contributed by atoms with van der Waals surface area (Å²) in [7, 11) is 0. The molecule has 0 aliphatic rings. The highest BCUT2D eigenvalue weighted by atomic mass is 32.1. The minimum absolute atomic E-state index is 0.0759. The minimum Gasteiger partial charge on any atom is -0.452 e. The van der Waals surface area contributed by atoms with E-state index in [1.54, 1.807) is 30.3 Å². The van der Waals surface area contributed by atoms with Crippen LogP contribution in [-0.4, -0.2) is 9.97 Å². The maximum Gasteiger partial charge on any atom is 0.180 e. The van der Waals surface area contributed by atoms with Gasteiger partial charge >= 0.3 is 0 Å². The van der Waals surface area contributed by atoms with Crippen LogP contribution >= 0.6 is 11.3 Å². The van der Waals surface area contributed by atoms with Crippen molar-refractivity contribution in [3.05, 3.63) is 170 Å². The molecule has 0 N–H and O–H groups in total. The summed E-state index contributed by atoms with van der Waals surface area (Å²) in [5, 5.41) is 0.836. The molecule has 0 spiro atoms. The SMILES string of the molecule is [2H]c1c([2H])c([2H])c(-c2c([2H])c([2H])c(-c3ccc4oc5c(-c6cccc(-c7cccc(-c8c([2H])c([2H])c([2H])c9c8sc8c([2H])c([2H])c([2H])c([2H])c89)c7)c6)ncnc5c4c3)c([2H])c2[2H])c([2H])c1[2H]. The molecule has 3 nitrogen and oxygen atoms in total. The Kier molecular flexibility index (Phi) is 3.93. The normalized spacial score (nSPS) is 16.1. The number of hydrogen-bond acceptors (Lipinski definition) is 4. The van der Waals surface area contributed by atoms with Crippen LogP contribution in [0, 0.1) is 0 Å². The van der Waals surface area contributed by atoms with Crippen molar-refractivity contribution in [3.8, 4) is 55.8 Å². The number of aromatic nitrogens is 2. The standard InChI is InChI=1S/C46H28N2OS/c1-2-9-29(10-3-1)30-19-21-31(22-20-30)34-23-24-41-40(27-34)44-45(49-41)43(47-28-48-44)36-14-7-12-33(26-36)32-11-6-13-35(25-32)37-16-8-17-39-38-15-4-5-18-42(38)50-46(37)39/h1-28H/i1D,2D,3D,4D,5D,8D,9D,10D,15D,16D,17D,18D,19D,20D,21D,22D. The molecule has 4 heteroatoms. The van der Waals surface area contributed by atoms with Gasteiger partial charge in [0.15, 0.2) is 5.58 Å². The van der Waals surface area contributed by atoms with E-state index in [0.717, 1.165) is 22.5 Å². The molecular weight excluding hydrogens is 629 g/mol. The van der Waals surface area contributed by atoms with Crippen molar-refractivity contribution in [2.75, 3.05) is 0 Å². The third kappa shape index (κ3) is 4.80. The zero-order chi connectivity index (χ0) is 46.9. The Morgan fingerprint density at radius 2 is 1.16 bits per heavy atom. The highest BCUT2D eigenvalue weighted by molar-refractivity contribution is 7.26. The summed E-state index contributed by atoms with van der Waals surface area (Å²) in [5.74, 6) is 0. The van der Waals surface area contributed by atoms with Crippen LogP contribution in [0.2, 0.25) is 0 Å². The summed E-state index contributed by atoms with van der Waals surface area (Å²) in [6, 6.07) is 12.0. The molecule has 0 amide bonds. The number of benzene rings is 7. The summed E-state index contributed by atoms with van der Waals surface area (Å²) >= 11 is 1.07. The van der Waals surface area contributed by atoms with Crippen LogP contribution < -0.4 is 0 Å². The van der Waals surface area contributed by atoms with E-state index in [1.165, 1.54) is 6.33 Å². The molecule has 0 bridgehead atoms. The topological polar surface area (TPSA) is 38.9 Å². The van der Waals surface area contributed by atoms with Crippen LogP contribution in [-0.2, 0) is 0 Å². The predicted octanol–water partition coefficient (Wildman–Crippen LogP) is 13.1. The predicted molar refractivity (Wildman–Crippen MR) is 209 cm³/mol. The molecule has 0 saturated heterocycles. The Hall–Kier alpha value is -6.36. The molecule has 3 heterocycles. The fraction of sp³-hybridized carbons (Fsp3) is 0. The van der Waals surface area contributed by atoms with Crippen LogP contribution in [0.4, 0.5) is 0 Å². The lowest BCUT2D eigenvalue weighted by Gasteiger charge is -2.09. The van der Waals surface area contributed by atoms with Gasteiger partial charge in [-0.1, -0.05) is 133 Å². The zero-order valence-corrected chi connectivity index (χ0v) is 26.5. The van der Waals surface area contributed by atoms with Gasteiger partial charge in [-0.05, 0) is 74.8 Å². The molecule has 0 radical (unpaired) electrons. The van der Waals surface area contributed by atoms with Gasteiger partial charge in [-0.3, -0.25) is 0 Å². The van der Waals surface area contributed by atoms with Crippen molar-refractivity contribution in [1.29, 1.82) is 0 Å². The fourth-order valence-corrected chi connectivity index (χ4v) is 7.21. The van der Waals surface area contributed by atoms with Crippen LogP contribution in [0.1, 0.15) is 21.9 Å². The highest BCUT2D eigenvalue weighted by Crippen LogP contribution is 2.41. The highest BCUT2D eigenvalue weighted by Gasteiger charge is 2.17. The van der Waals surface area contributed by atoms with E-state index in [-0.39, 0.29) is 56.8 Å². The van der Waals surface area contributed by atoms with Gasteiger partial charge in [-0.25, -0.2) is 9.97 Å². The third-order valence-electron chi connectivity index (χ3n) is 8.47. The maximum absolute atomic E-state index is 8.98. The van der Waals surface area contributed by atoms with Crippen LogP contribution in [0.3, 0.4) is 0 Å². The molecule has 50 heavy (non-hydrogen) atoms. The van der Waals surface area contributed by atoms with E-state index in [9.17, 15) is 0 Å². The molecule has 0 aliphatic heterocycles. The molecule has 234 valence electrons. The minimum atomic E-state index is -0.662. The van der Waals surface area contributed by atoms with Gasteiger partial charge in [0.25, 0.3) is 0 Å². The number of thiophene rings is 1. The first kappa shape index (κ1) is 16.8. The van der Waals surface area contributed by atoms with E-state index in [2.05, 4.69) is 9.97 Å². The Morgan fingerprint density at radius 1 is 0.500 bits per heavy atom. The van der Waals surface area contributed by atoms with E-state index in [0.29, 0.717) is 49.2 Å². The van der Waals surface area contributed by atoms with Crippen LogP contribution in [0.5, 0.6) is 0 Å². The summed E-state index contributed by atoms with van der Waals surface area (Å²) < 4.78 is 144. The van der Waals surface area contributed by atoms with Gasteiger partial charge in [0, 0.05) is 31.1 Å². The lowest BCUT2D eigenvalue weighted by molar-refractivity contribution is 0.667. The molecule has 0 aliphatic carbocycles. The van der Waals surface area contributed by atoms with Crippen LogP contribution in [0.25, 0.3) is 98.0 Å². The molecule has 10 rings (SSSR count). The van der Waals surface area contributed by atoms with Crippen molar-refractivity contribution >= 4 is 53.6 Å². The lowest BCUT2D eigenvalue weighted by atomic mass is 9.96. The van der Waals surface area contributed by atoms with Crippen molar-refractivity contribution in [2.45, 2.75) is 0 Å². The van der Waals surface area contributed by atoms with Crippen molar-refractivity contribution in [3.63, 3.8) is 0 Å². The second-order valence-corrected chi connectivity index (χ2v) is 12.4. The van der Waals surface area contributed by atoms with E-state index in [4.69, 9.17) is 26.3 Å². The Bertz CT molecular complexity index is 3750. The number of furan rings is 1. The molecule has 3 aromatic heterocycles. The Morgan fingerprint density at radius 3 is 2.00 bits per heavy atom. The Balaban J connectivity index is 1.06. The quantitative estimate of drug-likeness (QED) is 0.183. The molecule has 0 saturated carbocycles. The Labute approximate surface area is 315 Å². The molecule has 7 aromatic carbocycles. The third-order valence-corrected chi connectivity index (χ3v) is 9.59. The van der Waals surface area contributed by atoms with Gasteiger partial charge < -0.3 is 4.42 Å². The summed E-state index contributed by atoms with van der Waals surface area (Å²) in [4.78, 5) is 9.10. The number of nitrogens with zero attached hydrogens (tertiary/aromatic N) is 2. The van der Waals surface area contributed by atoms with Gasteiger partial charge in [0.05, 0.1) is 21.9 Å². The van der Waals surface area contributed by atoms with Gasteiger partial charge in [0.2, 0.25) is 0 Å². The van der Waals surface area contributed by atoms with E-state index < -0.39 is 77.6 Å².